The Morgan fingerprint density at radius 2 is 1.71 bits per heavy atom. The molecule has 2 aromatic carbocycles. The molecule has 1 amide bonds. The van der Waals surface area contributed by atoms with Crippen molar-refractivity contribution in [3.63, 3.8) is 0 Å². The molecule has 0 spiro atoms. The van der Waals surface area contributed by atoms with E-state index in [0.717, 1.165) is 59.4 Å². The van der Waals surface area contributed by atoms with Crippen LogP contribution in [0.2, 0.25) is 0 Å². The van der Waals surface area contributed by atoms with E-state index in [0.29, 0.717) is 23.5 Å². The minimum absolute atomic E-state index is 0. The summed E-state index contributed by atoms with van der Waals surface area (Å²) in [5, 5.41) is 12.0. The van der Waals surface area contributed by atoms with Gasteiger partial charge in [-0.2, -0.15) is 13.5 Å². The lowest BCUT2D eigenvalue weighted by molar-refractivity contribution is -0.118. The highest BCUT2D eigenvalue weighted by atomic mass is 32.3. The summed E-state index contributed by atoms with van der Waals surface area (Å²) in [4.78, 5) is 35.3. The largest absolute Gasteiger partial charge is 0.484 e. The third-order valence-electron chi connectivity index (χ3n) is 8.00. The van der Waals surface area contributed by atoms with E-state index >= 15 is 0 Å². The monoisotopic (exact) mass is 767 g/mol. The van der Waals surface area contributed by atoms with Gasteiger partial charge in [-0.15, -0.1) is 22.1 Å². The standard InChI is InChI=1S/C20H34N2O4S.C15H15NO4S.C2H6.H2S/c1-5-18(6-2)26-19(23)21-17-11-9-10-16(14-17)15-27(24,25)22-13-8-7-12-20(22,3)4;1-8(17)7-20-12-9(2)13(21-14(12)15(18)19)10-4-3-5-11(16)6-10;1-2;/h9-11,14,18,24-25H,5-8,12-13,15H2,1-4H3,(H,21,23);3-6H,7,16H2,1-2H3,(H,18,19);1-2H3;1H2. The Kier molecular flexibility index (Phi) is 19.1. The molecule has 1 aromatic heterocycles. The average molecular weight is 768 g/mol. The number of benzene rings is 2. The number of carbonyl (C=O) groups excluding carboxylic acids is 2. The number of hydrogen-bond acceptors (Lipinski definition) is 10. The zero-order valence-electron chi connectivity index (χ0n) is 31.1. The molecule has 286 valence electrons. The molecule has 1 aliphatic heterocycles. The van der Waals surface area contributed by atoms with Crippen LogP contribution in [0.1, 0.15) is 101 Å². The number of rotatable bonds is 12. The van der Waals surface area contributed by atoms with Gasteiger partial charge in [0.05, 0.1) is 5.75 Å². The number of thiophene rings is 1. The van der Waals surface area contributed by atoms with Gasteiger partial charge in [-0.25, -0.2) is 13.9 Å². The third-order valence-corrected chi connectivity index (χ3v) is 11.4. The summed E-state index contributed by atoms with van der Waals surface area (Å²) in [6, 6.07) is 14.4. The number of carboxylic acid groups (broad SMARTS) is 1. The maximum Gasteiger partial charge on any atom is 0.411 e. The number of Topliss-reactive ketones (excluding diaryl/α,β-unsaturated/α-hetero) is 1. The first kappa shape index (κ1) is 45.8. The Labute approximate surface area is 315 Å². The van der Waals surface area contributed by atoms with E-state index in [1.54, 1.807) is 43.3 Å². The first-order valence-corrected chi connectivity index (χ1v) is 19.5. The number of nitrogens with two attached hydrogens (primary N) is 1. The van der Waals surface area contributed by atoms with Crippen molar-refractivity contribution in [2.24, 2.45) is 0 Å². The highest BCUT2D eigenvalue weighted by molar-refractivity contribution is 8.21. The van der Waals surface area contributed by atoms with Gasteiger partial charge in [0.25, 0.3) is 0 Å². The predicted octanol–water partition coefficient (Wildman–Crippen LogP) is 9.96. The zero-order valence-corrected chi connectivity index (χ0v) is 33.7. The Morgan fingerprint density at radius 3 is 2.27 bits per heavy atom. The molecule has 2 heterocycles. The van der Waals surface area contributed by atoms with Crippen molar-refractivity contribution in [2.75, 3.05) is 24.2 Å². The summed E-state index contributed by atoms with van der Waals surface area (Å²) in [6.07, 6.45) is 4.00. The molecule has 1 saturated heterocycles. The predicted molar refractivity (Wildman–Crippen MR) is 216 cm³/mol. The Bertz CT molecular complexity index is 1570. The molecule has 14 heteroatoms. The second-order valence-electron chi connectivity index (χ2n) is 12.5. The summed E-state index contributed by atoms with van der Waals surface area (Å²) in [6.45, 7) is 15.8. The summed E-state index contributed by atoms with van der Waals surface area (Å²) in [5.41, 5.74) is 9.03. The fraction of sp³-hybridized carbons (Fsp3) is 0.486. The fourth-order valence-electron chi connectivity index (χ4n) is 5.52. The number of ketones is 1. The summed E-state index contributed by atoms with van der Waals surface area (Å²) < 4.78 is 34.3. The normalized spacial score (nSPS) is 14.1. The van der Waals surface area contributed by atoms with Crippen LogP contribution in [0.3, 0.4) is 0 Å². The number of carbonyl (C=O) groups is 3. The van der Waals surface area contributed by atoms with Crippen LogP contribution < -0.4 is 15.8 Å². The van der Waals surface area contributed by atoms with Gasteiger partial charge in [0.2, 0.25) is 0 Å². The van der Waals surface area contributed by atoms with Gasteiger partial charge in [-0.05, 0) is 88.8 Å². The second kappa shape index (κ2) is 21.3. The van der Waals surface area contributed by atoms with Crippen LogP contribution in [0, 0.1) is 6.92 Å². The third kappa shape index (κ3) is 13.7. The zero-order chi connectivity index (χ0) is 37.6. The molecule has 51 heavy (non-hydrogen) atoms. The van der Waals surface area contributed by atoms with Crippen molar-refractivity contribution < 1.29 is 38.1 Å². The SMILES string of the molecule is CC.CC(=O)COc1c(C(=O)O)sc(-c2cccc(N)c2)c1C.CCC(CC)OC(=O)Nc1cccc(CS(O)(O)N2CCCCC2(C)C)c1.S. The van der Waals surface area contributed by atoms with E-state index in [-0.39, 0.29) is 53.9 Å². The number of carboxylic acids is 1. The molecule has 11 nitrogen and oxygen atoms in total. The van der Waals surface area contributed by atoms with E-state index < -0.39 is 22.8 Å². The number of nitrogen functional groups attached to an aromatic ring is 1. The maximum absolute atomic E-state index is 12.0. The summed E-state index contributed by atoms with van der Waals surface area (Å²) in [7, 11) is -2.93. The van der Waals surface area contributed by atoms with Crippen LogP contribution in [0.15, 0.2) is 48.5 Å². The van der Waals surface area contributed by atoms with Gasteiger partial charge in [-0.1, -0.05) is 58.4 Å². The molecule has 1 fully saturated rings. The summed E-state index contributed by atoms with van der Waals surface area (Å²) in [5.74, 6) is -0.840. The molecule has 6 N–H and O–H groups in total. The van der Waals surface area contributed by atoms with Crippen LogP contribution in [0.4, 0.5) is 16.2 Å². The fourth-order valence-corrected chi connectivity index (χ4v) is 8.69. The van der Waals surface area contributed by atoms with E-state index in [1.807, 2.05) is 44.1 Å². The van der Waals surface area contributed by atoms with Crippen molar-refractivity contribution in [2.45, 2.75) is 105 Å². The van der Waals surface area contributed by atoms with Crippen LogP contribution >= 0.6 is 35.6 Å². The molecule has 0 radical (unpaired) electrons. The number of nitrogens with one attached hydrogen (secondary N) is 1. The smallest absolute Gasteiger partial charge is 0.411 e. The minimum Gasteiger partial charge on any atom is -0.484 e. The van der Waals surface area contributed by atoms with Gasteiger partial charge < -0.3 is 20.3 Å². The molecule has 0 saturated carbocycles. The number of aromatic carboxylic acids is 1. The van der Waals surface area contributed by atoms with Crippen molar-refractivity contribution in [3.05, 3.63) is 64.5 Å². The lowest BCUT2D eigenvalue weighted by Gasteiger charge is -2.53. The van der Waals surface area contributed by atoms with Crippen molar-refractivity contribution in [3.8, 4) is 16.2 Å². The molecule has 0 bridgehead atoms. The molecular weight excluding hydrogens is 711 g/mol. The Balaban J connectivity index is 0.000000490. The number of ether oxygens (including phenoxy) is 2. The molecule has 3 aromatic rings. The molecule has 4 rings (SSSR count). The van der Waals surface area contributed by atoms with E-state index in [4.69, 9.17) is 15.2 Å². The molecular formula is C37H57N3O8S3. The number of amides is 1. The van der Waals surface area contributed by atoms with Crippen molar-refractivity contribution in [1.82, 2.24) is 4.31 Å². The van der Waals surface area contributed by atoms with Crippen LogP contribution in [-0.4, -0.2) is 61.2 Å². The summed E-state index contributed by atoms with van der Waals surface area (Å²) >= 11 is 1.12. The highest BCUT2D eigenvalue weighted by Gasteiger charge is 2.38. The Morgan fingerprint density at radius 1 is 1.06 bits per heavy atom. The van der Waals surface area contributed by atoms with Crippen LogP contribution in [-0.2, 0) is 15.3 Å². The van der Waals surface area contributed by atoms with E-state index in [2.05, 4.69) is 19.2 Å². The number of nitrogens with zero attached hydrogens (tertiary/aromatic N) is 1. The Hall–Kier alpha value is -3.27. The minimum atomic E-state index is -2.93. The van der Waals surface area contributed by atoms with Gasteiger partial charge >= 0.3 is 12.1 Å². The van der Waals surface area contributed by atoms with E-state index in [9.17, 15) is 28.6 Å². The topological polar surface area (TPSA) is 172 Å². The van der Waals surface area contributed by atoms with Gasteiger partial charge in [-0.3, -0.25) is 19.2 Å². The van der Waals surface area contributed by atoms with Crippen LogP contribution in [0.25, 0.3) is 10.4 Å². The number of hydrogen-bond donors (Lipinski definition) is 5. The first-order chi connectivity index (χ1) is 23.6. The second-order valence-corrected chi connectivity index (χ2v) is 15.5. The van der Waals surface area contributed by atoms with Gasteiger partial charge in [0.15, 0.2) is 10.7 Å². The van der Waals surface area contributed by atoms with Gasteiger partial charge in [0.1, 0.15) is 18.5 Å². The molecule has 1 aliphatic rings. The average Bonchev–Trinajstić information content (AvgIpc) is 3.39. The maximum atomic E-state index is 12.0. The number of anilines is 2. The van der Waals surface area contributed by atoms with Crippen molar-refractivity contribution >= 4 is 64.8 Å². The number of piperidine rings is 1. The molecule has 0 atom stereocenters. The highest BCUT2D eigenvalue weighted by Crippen LogP contribution is 2.53. The quantitative estimate of drug-likeness (QED) is 0.112. The molecule has 0 aliphatic carbocycles. The van der Waals surface area contributed by atoms with Crippen molar-refractivity contribution in [1.29, 1.82) is 0 Å². The molecule has 0 unspecified atom stereocenters. The van der Waals surface area contributed by atoms with Gasteiger partial charge in [0, 0.05) is 33.9 Å². The lowest BCUT2D eigenvalue weighted by Crippen LogP contribution is -2.48. The van der Waals surface area contributed by atoms with E-state index in [1.165, 1.54) is 6.92 Å². The lowest BCUT2D eigenvalue weighted by atomic mass is 9.93. The van der Waals surface area contributed by atoms with Crippen LogP contribution in [0.5, 0.6) is 5.75 Å². The first-order valence-electron chi connectivity index (χ1n) is 17.0.